The molecule has 0 bridgehead atoms. The van der Waals surface area contributed by atoms with Crippen molar-refractivity contribution in [2.24, 2.45) is 0 Å². The van der Waals surface area contributed by atoms with Gasteiger partial charge < -0.3 is 19.5 Å². The summed E-state index contributed by atoms with van der Waals surface area (Å²) < 4.78 is 10.4. The molecule has 0 spiro atoms. The Labute approximate surface area is 102 Å². The molecule has 0 aliphatic heterocycles. The number of hydrogen-bond donors (Lipinski definition) is 2. The van der Waals surface area contributed by atoms with Crippen LogP contribution >= 0.6 is 0 Å². The first-order chi connectivity index (χ1) is 8.04. The maximum atomic E-state index is 9.46. The molecule has 94 valence electrons. The standard InChI is InChI=1S/C12H19BO4/c1-5-8(2)10-6-9(16-3)7-11(17-4)12(10)13(14)15/h6-8,14-15H,5H2,1-4H3/t8-/m1/s1. The summed E-state index contributed by atoms with van der Waals surface area (Å²) >= 11 is 0. The van der Waals surface area contributed by atoms with E-state index in [1.54, 1.807) is 13.2 Å². The van der Waals surface area contributed by atoms with E-state index in [-0.39, 0.29) is 5.92 Å². The third-order valence-electron chi connectivity index (χ3n) is 3.00. The fourth-order valence-electron chi connectivity index (χ4n) is 1.81. The molecule has 0 aliphatic rings. The largest absolute Gasteiger partial charge is 0.497 e. The summed E-state index contributed by atoms with van der Waals surface area (Å²) in [6.07, 6.45) is 0.899. The average Bonchev–Trinajstić information content (AvgIpc) is 2.35. The van der Waals surface area contributed by atoms with Crippen molar-refractivity contribution >= 4 is 12.6 Å². The van der Waals surface area contributed by atoms with Gasteiger partial charge in [-0.3, -0.25) is 0 Å². The molecule has 4 nitrogen and oxygen atoms in total. The summed E-state index contributed by atoms with van der Waals surface area (Å²) in [4.78, 5) is 0. The minimum Gasteiger partial charge on any atom is -0.497 e. The topological polar surface area (TPSA) is 58.9 Å². The highest BCUT2D eigenvalue weighted by atomic mass is 16.5. The Bertz CT molecular complexity index is 379. The number of benzene rings is 1. The first kappa shape index (κ1) is 13.9. The average molecular weight is 238 g/mol. The molecule has 0 fully saturated rings. The first-order valence-corrected chi connectivity index (χ1v) is 5.67. The zero-order valence-corrected chi connectivity index (χ0v) is 10.7. The van der Waals surface area contributed by atoms with Crippen LogP contribution in [0.1, 0.15) is 31.7 Å². The van der Waals surface area contributed by atoms with Crippen LogP contribution in [0.2, 0.25) is 0 Å². The summed E-state index contributed by atoms with van der Waals surface area (Å²) in [5, 5.41) is 18.9. The summed E-state index contributed by atoms with van der Waals surface area (Å²) in [7, 11) is 1.53. The van der Waals surface area contributed by atoms with E-state index in [0.29, 0.717) is 17.0 Å². The Morgan fingerprint density at radius 2 is 1.88 bits per heavy atom. The van der Waals surface area contributed by atoms with Crippen LogP contribution in [0, 0.1) is 0 Å². The molecule has 0 heterocycles. The van der Waals surface area contributed by atoms with E-state index in [1.807, 2.05) is 19.9 Å². The number of rotatable bonds is 5. The molecule has 1 aromatic carbocycles. The van der Waals surface area contributed by atoms with Crippen molar-refractivity contribution in [3.05, 3.63) is 17.7 Å². The van der Waals surface area contributed by atoms with Gasteiger partial charge in [-0.2, -0.15) is 0 Å². The zero-order chi connectivity index (χ0) is 13.0. The quantitative estimate of drug-likeness (QED) is 0.748. The van der Waals surface area contributed by atoms with Crippen LogP contribution in [-0.4, -0.2) is 31.4 Å². The van der Waals surface area contributed by atoms with Crippen LogP contribution in [0.15, 0.2) is 12.1 Å². The molecular formula is C12H19BO4. The smallest absolute Gasteiger partial charge is 0.492 e. The van der Waals surface area contributed by atoms with Gasteiger partial charge in [-0.25, -0.2) is 0 Å². The lowest BCUT2D eigenvalue weighted by atomic mass is 9.73. The third-order valence-corrected chi connectivity index (χ3v) is 3.00. The van der Waals surface area contributed by atoms with Crippen molar-refractivity contribution in [1.29, 1.82) is 0 Å². The van der Waals surface area contributed by atoms with Gasteiger partial charge in [0.15, 0.2) is 0 Å². The molecule has 5 heteroatoms. The molecule has 0 saturated carbocycles. The molecule has 0 aliphatic carbocycles. The normalized spacial score (nSPS) is 12.1. The van der Waals surface area contributed by atoms with E-state index in [1.165, 1.54) is 7.11 Å². The fraction of sp³-hybridized carbons (Fsp3) is 0.500. The SMILES string of the molecule is CC[C@@H](C)c1cc(OC)cc(OC)c1B(O)O. The lowest BCUT2D eigenvalue weighted by molar-refractivity contribution is 0.388. The van der Waals surface area contributed by atoms with Gasteiger partial charge in [-0.15, -0.1) is 0 Å². The van der Waals surface area contributed by atoms with E-state index in [2.05, 4.69) is 0 Å². The van der Waals surface area contributed by atoms with Gasteiger partial charge in [0.25, 0.3) is 0 Å². The second-order valence-corrected chi connectivity index (χ2v) is 4.02. The van der Waals surface area contributed by atoms with Crippen molar-refractivity contribution in [3.8, 4) is 11.5 Å². The van der Waals surface area contributed by atoms with E-state index < -0.39 is 7.12 Å². The zero-order valence-electron chi connectivity index (χ0n) is 10.7. The van der Waals surface area contributed by atoms with Gasteiger partial charge in [0.1, 0.15) is 11.5 Å². The molecule has 0 unspecified atom stereocenters. The van der Waals surface area contributed by atoms with E-state index in [9.17, 15) is 10.0 Å². The molecular weight excluding hydrogens is 219 g/mol. The highest BCUT2D eigenvalue weighted by Crippen LogP contribution is 2.27. The highest BCUT2D eigenvalue weighted by Gasteiger charge is 2.24. The minimum absolute atomic E-state index is 0.204. The monoisotopic (exact) mass is 238 g/mol. The van der Waals surface area contributed by atoms with Crippen LogP contribution in [0.4, 0.5) is 0 Å². The first-order valence-electron chi connectivity index (χ1n) is 5.67. The van der Waals surface area contributed by atoms with Gasteiger partial charge in [-0.05, 0) is 24.0 Å². The number of hydrogen-bond acceptors (Lipinski definition) is 4. The summed E-state index contributed by atoms with van der Waals surface area (Å²) in [5.41, 5.74) is 1.27. The molecule has 1 rings (SSSR count). The van der Waals surface area contributed by atoms with Crippen LogP contribution in [-0.2, 0) is 0 Å². The van der Waals surface area contributed by atoms with Crippen molar-refractivity contribution in [2.75, 3.05) is 14.2 Å². The Morgan fingerprint density at radius 1 is 1.24 bits per heavy atom. The predicted molar refractivity (Wildman–Crippen MR) is 68.1 cm³/mol. The Balaban J connectivity index is 3.40. The molecule has 0 amide bonds. The van der Waals surface area contributed by atoms with E-state index in [0.717, 1.165) is 12.0 Å². The fourth-order valence-corrected chi connectivity index (χ4v) is 1.81. The summed E-state index contributed by atoms with van der Waals surface area (Å²) in [6.45, 7) is 4.07. The molecule has 17 heavy (non-hydrogen) atoms. The predicted octanol–water partition coefficient (Wildman–Crippen LogP) is 0.897. The maximum absolute atomic E-state index is 9.46. The van der Waals surface area contributed by atoms with Crippen molar-refractivity contribution in [1.82, 2.24) is 0 Å². The molecule has 1 aromatic rings. The van der Waals surface area contributed by atoms with Gasteiger partial charge in [0, 0.05) is 11.5 Å². The Morgan fingerprint density at radius 3 is 2.29 bits per heavy atom. The van der Waals surface area contributed by atoms with Crippen LogP contribution in [0.25, 0.3) is 0 Å². The second-order valence-electron chi connectivity index (χ2n) is 4.02. The van der Waals surface area contributed by atoms with Gasteiger partial charge in [-0.1, -0.05) is 13.8 Å². The lowest BCUT2D eigenvalue weighted by Gasteiger charge is -2.19. The molecule has 0 aromatic heterocycles. The Hall–Kier alpha value is -1.20. The number of methoxy groups -OCH3 is 2. The van der Waals surface area contributed by atoms with Crippen molar-refractivity contribution in [2.45, 2.75) is 26.2 Å². The molecule has 0 saturated heterocycles. The Kier molecular flexibility index (Phi) is 4.84. The minimum atomic E-state index is -1.54. The van der Waals surface area contributed by atoms with Crippen LogP contribution in [0.3, 0.4) is 0 Å². The number of ether oxygens (including phenoxy) is 2. The van der Waals surface area contributed by atoms with Gasteiger partial charge in [0.05, 0.1) is 14.2 Å². The molecule has 2 N–H and O–H groups in total. The van der Waals surface area contributed by atoms with Crippen LogP contribution < -0.4 is 14.9 Å². The van der Waals surface area contributed by atoms with Gasteiger partial charge in [0.2, 0.25) is 0 Å². The van der Waals surface area contributed by atoms with Crippen LogP contribution in [0.5, 0.6) is 11.5 Å². The summed E-state index contributed by atoms with van der Waals surface area (Å²) in [5.74, 6) is 1.30. The third kappa shape index (κ3) is 2.93. The molecule has 0 radical (unpaired) electrons. The van der Waals surface area contributed by atoms with E-state index in [4.69, 9.17) is 9.47 Å². The van der Waals surface area contributed by atoms with Crippen molar-refractivity contribution in [3.63, 3.8) is 0 Å². The second kappa shape index (κ2) is 5.93. The summed E-state index contributed by atoms with van der Waals surface area (Å²) in [6, 6.07) is 3.48. The van der Waals surface area contributed by atoms with Gasteiger partial charge >= 0.3 is 7.12 Å². The van der Waals surface area contributed by atoms with E-state index >= 15 is 0 Å². The van der Waals surface area contributed by atoms with Crippen molar-refractivity contribution < 1.29 is 19.5 Å². The highest BCUT2D eigenvalue weighted by molar-refractivity contribution is 6.60. The molecule has 1 atom stereocenters. The maximum Gasteiger partial charge on any atom is 0.492 e. The lowest BCUT2D eigenvalue weighted by Crippen LogP contribution is -2.35.